The molecular formula is C16H13Br2N5O8. The van der Waals surface area contributed by atoms with Gasteiger partial charge in [0.15, 0.2) is 29.6 Å². The van der Waals surface area contributed by atoms with Gasteiger partial charge >= 0.3 is 12.0 Å². The zero-order chi connectivity index (χ0) is 22.9. The van der Waals surface area contributed by atoms with Gasteiger partial charge in [-0.1, -0.05) is 0 Å². The molecule has 2 heterocycles. The second kappa shape index (κ2) is 8.54. The van der Waals surface area contributed by atoms with Crippen LogP contribution >= 0.6 is 31.9 Å². The number of nitrogen functional groups attached to an aromatic ring is 1. The summed E-state index contributed by atoms with van der Waals surface area (Å²) in [6.45, 7) is -0.896. The average molecular weight is 563 g/mol. The fourth-order valence-corrected chi connectivity index (χ4v) is 2.90. The van der Waals surface area contributed by atoms with Crippen LogP contribution in [0.1, 0.15) is 0 Å². The minimum absolute atomic E-state index is 0.195. The second-order valence-electron chi connectivity index (χ2n) is 5.84. The number of nitrogens with two attached hydrogens (primary N) is 1. The van der Waals surface area contributed by atoms with Gasteiger partial charge in [-0.05, 0) is 31.9 Å². The number of ether oxygens (including phenoxy) is 2. The highest BCUT2D eigenvalue weighted by molar-refractivity contribution is 9.11. The number of phenols is 4. The molecule has 2 aromatic heterocycles. The number of anilines is 1. The van der Waals surface area contributed by atoms with Crippen LogP contribution in [0.2, 0.25) is 0 Å². The Labute approximate surface area is 189 Å². The largest absolute Gasteiger partial charge is 0.504 e. The van der Waals surface area contributed by atoms with Crippen molar-refractivity contribution in [2.45, 2.75) is 5.97 Å². The predicted octanol–water partition coefficient (Wildman–Crippen LogP) is 0.959. The molecule has 164 valence electrons. The summed E-state index contributed by atoms with van der Waals surface area (Å²) in [4.78, 5) is 15.0. The van der Waals surface area contributed by atoms with Gasteiger partial charge in [-0.3, -0.25) is 0 Å². The SMILES string of the molecule is Nc1ncnc(OC(O)(O)COc2ncc(Br)cn2)c1-c1c(O)c(O)c(Br)c(O)c1O. The van der Waals surface area contributed by atoms with E-state index < -0.39 is 62.9 Å². The maximum absolute atomic E-state index is 10.3. The number of aromatic hydroxyl groups is 4. The molecule has 0 spiro atoms. The summed E-state index contributed by atoms with van der Waals surface area (Å²) >= 11 is 5.93. The minimum atomic E-state index is -3.02. The van der Waals surface area contributed by atoms with Crippen LogP contribution < -0.4 is 15.2 Å². The van der Waals surface area contributed by atoms with Crippen LogP contribution in [0.4, 0.5) is 5.82 Å². The van der Waals surface area contributed by atoms with E-state index in [-0.39, 0.29) is 6.01 Å². The number of rotatable bonds is 6. The van der Waals surface area contributed by atoms with Crippen LogP contribution in [-0.4, -0.2) is 63.2 Å². The first-order chi connectivity index (χ1) is 14.5. The third kappa shape index (κ3) is 4.63. The van der Waals surface area contributed by atoms with Gasteiger partial charge in [0, 0.05) is 12.4 Å². The Kier molecular flexibility index (Phi) is 6.21. The lowest BCUT2D eigenvalue weighted by Crippen LogP contribution is -2.42. The highest BCUT2D eigenvalue weighted by Crippen LogP contribution is 2.55. The summed E-state index contributed by atoms with van der Waals surface area (Å²) in [5, 5.41) is 60.8. The zero-order valence-electron chi connectivity index (χ0n) is 15.1. The first kappa shape index (κ1) is 22.5. The van der Waals surface area contributed by atoms with Crippen LogP contribution in [0.25, 0.3) is 11.1 Å². The van der Waals surface area contributed by atoms with E-state index >= 15 is 0 Å². The fraction of sp³-hybridized carbons (Fsp3) is 0.125. The van der Waals surface area contributed by atoms with Gasteiger partial charge in [0.2, 0.25) is 5.88 Å². The van der Waals surface area contributed by atoms with Crippen LogP contribution in [0.5, 0.6) is 34.9 Å². The van der Waals surface area contributed by atoms with Crippen LogP contribution in [0.3, 0.4) is 0 Å². The molecule has 0 aliphatic carbocycles. The molecule has 3 aromatic rings. The van der Waals surface area contributed by atoms with E-state index in [1.165, 1.54) is 12.4 Å². The number of hydrogen-bond acceptors (Lipinski definition) is 13. The van der Waals surface area contributed by atoms with E-state index in [1.807, 2.05) is 0 Å². The average Bonchev–Trinajstić information content (AvgIpc) is 2.72. The topological polar surface area (TPSA) is 217 Å². The van der Waals surface area contributed by atoms with Crippen molar-refractivity contribution < 1.29 is 40.1 Å². The number of halogens is 2. The molecule has 3 rings (SSSR count). The number of hydrogen-bond donors (Lipinski definition) is 7. The summed E-state index contributed by atoms with van der Waals surface area (Å²) in [6, 6.07) is -0.195. The summed E-state index contributed by atoms with van der Waals surface area (Å²) in [7, 11) is 0. The van der Waals surface area contributed by atoms with Crippen molar-refractivity contribution in [2.75, 3.05) is 12.3 Å². The van der Waals surface area contributed by atoms with Crippen molar-refractivity contribution in [3.05, 3.63) is 27.7 Å². The lowest BCUT2D eigenvalue weighted by atomic mass is 10.0. The number of nitrogens with zero attached hydrogens (tertiary/aromatic N) is 4. The van der Waals surface area contributed by atoms with Gasteiger partial charge in [0.1, 0.15) is 16.6 Å². The third-order valence-corrected chi connectivity index (χ3v) is 4.84. The minimum Gasteiger partial charge on any atom is -0.504 e. The van der Waals surface area contributed by atoms with Gasteiger partial charge in [-0.2, -0.15) is 0 Å². The second-order valence-corrected chi connectivity index (χ2v) is 7.55. The van der Waals surface area contributed by atoms with E-state index in [9.17, 15) is 30.6 Å². The molecular weight excluding hydrogens is 550 g/mol. The van der Waals surface area contributed by atoms with Crippen LogP contribution in [0.15, 0.2) is 27.7 Å². The molecule has 0 saturated carbocycles. The van der Waals surface area contributed by atoms with Crippen molar-refractivity contribution in [3.63, 3.8) is 0 Å². The molecule has 0 fully saturated rings. The normalized spacial score (nSPS) is 11.4. The highest BCUT2D eigenvalue weighted by atomic mass is 79.9. The lowest BCUT2D eigenvalue weighted by Gasteiger charge is -2.23. The molecule has 0 atom stereocenters. The number of aliphatic hydroxyl groups is 2. The van der Waals surface area contributed by atoms with Gasteiger partial charge < -0.3 is 45.8 Å². The van der Waals surface area contributed by atoms with Gasteiger partial charge in [-0.15, -0.1) is 0 Å². The molecule has 0 radical (unpaired) electrons. The Morgan fingerprint density at radius 3 is 2.03 bits per heavy atom. The van der Waals surface area contributed by atoms with Gasteiger partial charge in [-0.25, -0.2) is 19.9 Å². The molecule has 8 N–H and O–H groups in total. The van der Waals surface area contributed by atoms with Crippen molar-refractivity contribution in [2.24, 2.45) is 0 Å². The molecule has 0 unspecified atom stereocenters. The van der Waals surface area contributed by atoms with Crippen molar-refractivity contribution in [1.82, 2.24) is 19.9 Å². The van der Waals surface area contributed by atoms with Gasteiger partial charge in [0.25, 0.3) is 0 Å². The smallest absolute Gasteiger partial charge is 0.359 e. The summed E-state index contributed by atoms with van der Waals surface area (Å²) in [5.41, 5.74) is 4.70. The first-order valence-electron chi connectivity index (χ1n) is 8.02. The Balaban J connectivity index is 1.98. The van der Waals surface area contributed by atoms with E-state index in [2.05, 4.69) is 51.8 Å². The summed E-state index contributed by atoms with van der Waals surface area (Å²) < 4.78 is 10.2. The molecule has 0 bridgehead atoms. The van der Waals surface area contributed by atoms with E-state index in [4.69, 9.17) is 15.2 Å². The third-order valence-electron chi connectivity index (χ3n) is 3.68. The molecule has 31 heavy (non-hydrogen) atoms. The van der Waals surface area contributed by atoms with Crippen molar-refractivity contribution in [1.29, 1.82) is 0 Å². The highest BCUT2D eigenvalue weighted by Gasteiger charge is 2.33. The number of phenolic OH excluding ortho intramolecular Hbond substituents is 4. The van der Waals surface area contributed by atoms with Crippen LogP contribution in [-0.2, 0) is 0 Å². The van der Waals surface area contributed by atoms with E-state index in [0.717, 1.165) is 6.33 Å². The summed E-state index contributed by atoms with van der Waals surface area (Å²) in [6.07, 6.45) is 3.62. The molecule has 1 aromatic carbocycles. The molecule has 13 nitrogen and oxygen atoms in total. The lowest BCUT2D eigenvalue weighted by molar-refractivity contribution is -0.305. The van der Waals surface area contributed by atoms with Crippen molar-refractivity contribution in [3.8, 4) is 46.0 Å². The monoisotopic (exact) mass is 561 g/mol. The van der Waals surface area contributed by atoms with Gasteiger partial charge in [0.05, 0.1) is 15.6 Å². The maximum Gasteiger partial charge on any atom is 0.359 e. The number of benzene rings is 1. The molecule has 0 saturated heterocycles. The first-order valence-corrected chi connectivity index (χ1v) is 9.60. The Morgan fingerprint density at radius 2 is 1.45 bits per heavy atom. The predicted molar refractivity (Wildman–Crippen MR) is 109 cm³/mol. The Bertz CT molecular complexity index is 1100. The standard InChI is InChI=1S/C16H13Br2N5O8/c17-5-1-20-15(21-2-5)30-3-16(28,29)31-14-7(13(19)22-4-23-14)6-9(24)11(26)8(18)12(27)10(6)25/h1-2,4,24-29H,3H2,(H2,19,22,23). The molecule has 0 amide bonds. The quantitative estimate of drug-likeness (QED) is 0.127. The molecule has 0 aliphatic rings. The Morgan fingerprint density at radius 1 is 0.871 bits per heavy atom. The molecule has 0 aliphatic heterocycles. The fourth-order valence-electron chi connectivity index (χ4n) is 2.32. The summed E-state index contributed by atoms with van der Waals surface area (Å²) in [5.74, 6) is -7.57. The number of aromatic nitrogens is 4. The van der Waals surface area contributed by atoms with Crippen LogP contribution in [0, 0.1) is 0 Å². The van der Waals surface area contributed by atoms with Crippen molar-refractivity contribution >= 4 is 37.7 Å². The Hall–Kier alpha value is -3.14. The molecule has 15 heteroatoms. The van der Waals surface area contributed by atoms with E-state index in [0.29, 0.717) is 4.47 Å². The zero-order valence-corrected chi connectivity index (χ0v) is 18.2. The van der Waals surface area contributed by atoms with E-state index in [1.54, 1.807) is 0 Å². The maximum atomic E-state index is 10.3.